The van der Waals surface area contributed by atoms with Gasteiger partial charge in [0.05, 0.1) is 16.6 Å². The second-order valence-corrected chi connectivity index (χ2v) is 12.2. The summed E-state index contributed by atoms with van der Waals surface area (Å²) < 4.78 is 4.08. The minimum Gasteiger partial charge on any atom is -0.351 e. The van der Waals surface area contributed by atoms with Crippen molar-refractivity contribution in [3.8, 4) is 11.5 Å². The fraction of sp³-hybridized carbons (Fsp3) is 0.452. The summed E-state index contributed by atoms with van der Waals surface area (Å²) in [5.41, 5.74) is 4.12. The topological polar surface area (TPSA) is 68.9 Å². The third-order valence-corrected chi connectivity index (χ3v) is 9.74. The molecular formula is C31H32N4O2. The monoisotopic (exact) mass is 492 g/mol. The van der Waals surface area contributed by atoms with E-state index in [-0.39, 0.29) is 17.0 Å². The summed E-state index contributed by atoms with van der Waals surface area (Å²) in [6, 6.07) is 16.0. The number of aromatic nitrogens is 3. The predicted octanol–water partition coefficient (Wildman–Crippen LogP) is 5.05. The van der Waals surface area contributed by atoms with Gasteiger partial charge in [0.2, 0.25) is 5.91 Å². The molecule has 5 aliphatic rings. The molecule has 1 amide bonds. The molecule has 4 aliphatic carbocycles. The summed E-state index contributed by atoms with van der Waals surface area (Å²) in [6.45, 7) is 1.20. The molecule has 0 radical (unpaired) electrons. The van der Waals surface area contributed by atoms with Crippen molar-refractivity contribution in [2.45, 2.75) is 70.0 Å². The van der Waals surface area contributed by atoms with Crippen molar-refractivity contribution in [2.24, 2.45) is 17.8 Å². The van der Waals surface area contributed by atoms with Gasteiger partial charge in [-0.05, 0) is 86.5 Å². The lowest BCUT2D eigenvalue weighted by Gasteiger charge is -2.56. The van der Waals surface area contributed by atoms with E-state index in [1.807, 2.05) is 28.8 Å². The molecule has 0 atom stereocenters. The van der Waals surface area contributed by atoms with E-state index in [1.165, 1.54) is 49.5 Å². The van der Waals surface area contributed by atoms with Gasteiger partial charge in [-0.2, -0.15) is 0 Å². The summed E-state index contributed by atoms with van der Waals surface area (Å²) in [6.07, 6.45) is 8.84. The lowest BCUT2D eigenvalue weighted by atomic mass is 9.53. The lowest BCUT2D eigenvalue weighted by molar-refractivity contribution is -0.127. The highest BCUT2D eigenvalue weighted by atomic mass is 16.1. The number of hydrogen-bond acceptors (Lipinski definition) is 3. The zero-order valence-corrected chi connectivity index (χ0v) is 21.1. The van der Waals surface area contributed by atoms with E-state index >= 15 is 0 Å². The summed E-state index contributed by atoms with van der Waals surface area (Å²) in [4.78, 5) is 31.8. The molecule has 6 heteroatoms. The molecule has 4 aromatic rings. The van der Waals surface area contributed by atoms with Crippen LogP contribution in [-0.4, -0.2) is 25.6 Å². The van der Waals surface area contributed by atoms with Gasteiger partial charge in [0, 0.05) is 36.0 Å². The van der Waals surface area contributed by atoms with Crippen LogP contribution in [-0.2, 0) is 24.3 Å². The number of carbonyl (C=O) groups is 1. The SMILES string of the molecule is O=C(CCn1c2c(c3ccccc31)CCn1c-2nc2ccccc2c1=O)NC12CC3CC(CC(C3)C1)C2. The van der Waals surface area contributed by atoms with Crippen molar-refractivity contribution >= 4 is 27.7 Å². The Balaban J connectivity index is 1.16. The number of nitrogens with zero attached hydrogens (tertiary/aromatic N) is 3. The maximum atomic E-state index is 13.4. The molecule has 0 unspecified atom stereocenters. The van der Waals surface area contributed by atoms with Crippen LogP contribution in [0.5, 0.6) is 0 Å². The van der Waals surface area contributed by atoms with Gasteiger partial charge in [0.25, 0.3) is 5.56 Å². The fourth-order valence-corrected chi connectivity index (χ4v) is 8.73. The Labute approximate surface area is 215 Å². The molecule has 188 valence electrons. The van der Waals surface area contributed by atoms with Gasteiger partial charge in [-0.1, -0.05) is 30.3 Å². The number of amides is 1. The molecule has 3 heterocycles. The molecule has 1 N–H and O–H groups in total. The maximum absolute atomic E-state index is 13.4. The highest BCUT2D eigenvalue weighted by Gasteiger charge is 2.51. The number of hydrogen-bond donors (Lipinski definition) is 1. The van der Waals surface area contributed by atoms with E-state index in [1.54, 1.807) is 0 Å². The quantitative estimate of drug-likeness (QED) is 0.434. The first-order chi connectivity index (χ1) is 18.1. The van der Waals surface area contributed by atoms with Crippen LogP contribution in [0.2, 0.25) is 0 Å². The van der Waals surface area contributed by atoms with E-state index in [9.17, 15) is 9.59 Å². The summed E-state index contributed by atoms with van der Waals surface area (Å²) in [7, 11) is 0. The Morgan fingerprint density at radius 2 is 1.62 bits per heavy atom. The summed E-state index contributed by atoms with van der Waals surface area (Å²) >= 11 is 0. The third-order valence-electron chi connectivity index (χ3n) is 9.74. The largest absolute Gasteiger partial charge is 0.351 e. The smallest absolute Gasteiger partial charge is 0.261 e. The number of nitrogens with one attached hydrogen (secondary N) is 1. The average molecular weight is 493 g/mol. The Kier molecular flexibility index (Phi) is 4.56. The maximum Gasteiger partial charge on any atom is 0.261 e. The molecule has 2 aromatic carbocycles. The Bertz CT molecular complexity index is 1610. The minimum absolute atomic E-state index is 0.0163. The molecule has 0 spiro atoms. The molecule has 37 heavy (non-hydrogen) atoms. The molecule has 4 fully saturated rings. The van der Waals surface area contributed by atoms with Crippen LogP contribution in [0.3, 0.4) is 0 Å². The van der Waals surface area contributed by atoms with Gasteiger partial charge in [-0.3, -0.25) is 14.2 Å². The van der Waals surface area contributed by atoms with Gasteiger partial charge in [-0.15, -0.1) is 0 Å². The molecule has 1 aliphatic heterocycles. The zero-order valence-electron chi connectivity index (χ0n) is 21.1. The molecule has 4 saturated carbocycles. The van der Waals surface area contributed by atoms with Crippen LogP contribution in [0.25, 0.3) is 33.3 Å². The van der Waals surface area contributed by atoms with E-state index in [0.29, 0.717) is 24.9 Å². The Hall–Kier alpha value is -3.41. The number of benzene rings is 2. The molecule has 0 saturated heterocycles. The van der Waals surface area contributed by atoms with Gasteiger partial charge in [0.1, 0.15) is 0 Å². The highest BCUT2D eigenvalue weighted by Crippen LogP contribution is 2.55. The van der Waals surface area contributed by atoms with Crippen LogP contribution in [0.15, 0.2) is 53.3 Å². The highest BCUT2D eigenvalue weighted by molar-refractivity contribution is 5.92. The molecule has 6 nitrogen and oxygen atoms in total. The number of para-hydroxylation sites is 2. The number of fused-ring (bicyclic) bond motifs is 6. The number of carbonyl (C=O) groups excluding carboxylic acids is 1. The van der Waals surface area contributed by atoms with Crippen molar-refractivity contribution in [3.05, 3.63) is 64.4 Å². The normalized spacial score (nSPS) is 27.4. The second kappa shape index (κ2) is 7.80. The summed E-state index contributed by atoms with van der Waals surface area (Å²) in [5, 5.41) is 5.41. The van der Waals surface area contributed by atoms with Crippen molar-refractivity contribution in [1.82, 2.24) is 19.4 Å². The second-order valence-electron chi connectivity index (χ2n) is 12.2. The fourth-order valence-electron chi connectivity index (χ4n) is 8.73. The first-order valence-corrected chi connectivity index (χ1v) is 14.0. The lowest BCUT2D eigenvalue weighted by Crippen LogP contribution is -2.59. The van der Waals surface area contributed by atoms with E-state index in [0.717, 1.165) is 46.7 Å². The summed E-state index contributed by atoms with van der Waals surface area (Å²) in [5.74, 6) is 3.31. The Morgan fingerprint density at radius 1 is 0.946 bits per heavy atom. The molecule has 4 bridgehead atoms. The van der Waals surface area contributed by atoms with Gasteiger partial charge in [-0.25, -0.2) is 4.98 Å². The van der Waals surface area contributed by atoms with Crippen LogP contribution in [0.1, 0.15) is 50.5 Å². The molecule has 2 aromatic heterocycles. The number of rotatable bonds is 4. The first-order valence-electron chi connectivity index (χ1n) is 14.0. The first kappa shape index (κ1) is 21.7. The van der Waals surface area contributed by atoms with Gasteiger partial charge in [0.15, 0.2) is 5.82 Å². The van der Waals surface area contributed by atoms with Gasteiger partial charge >= 0.3 is 0 Å². The minimum atomic E-state index is 0.0163. The van der Waals surface area contributed by atoms with Crippen molar-refractivity contribution in [3.63, 3.8) is 0 Å². The van der Waals surface area contributed by atoms with E-state index in [2.05, 4.69) is 34.1 Å². The van der Waals surface area contributed by atoms with Crippen LogP contribution in [0.4, 0.5) is 0 Å². The van der Waals surface area contributed by atoms with Gasteiger partial charge < -0.3 is 9.88 Å². The van der Waals surface area contributed by atoms with Crippen molar-refractivity contribution < 1.29 is 4.79 Å². The van der Waals surface area contributed by atoms with Crippen molar-refractivity contribution in [1.29, 1.82) is 0 Å². The van der Waals surface area contributed by atoms with Crippen LogP contribution in [0, 0.1) is 17.8 Å². The molecule has 9 rings (SSSR count). The van der Waals surface area contributed by atoms with Crippen LogP contribution < -0.4 is 10.9 Å². The van der Waals surface area contributed by atoms with E-state index in [4.69, 9.17) is 4.98 Å². The predicted molar refractivity (Wildman–Crippen MR) is 144 cm³/mol. The van der Waals surface area contributed by atoms with Crippen LogP contribution >= 0.6 is 0 Å². The Morgan fingerprint density at radius 3 is 2.38 bits per heavy atom. The van der Waals surface area contributed by atoms with E-state index < -0.39 is 0 Å². The van der Waals surface area contributed by atoms with Crippen molar-refractivity contribution in [2.75, 3.05) is 0 Å². The average Bonchev–Trinajstić information content (AvgIpc) is 3.21. The molecular weight excluding hydrogens is 460 g/mol. The number of aryl methyl sites for hydroxylation is 2. The standard InChI is InChI=1S/C31H32N4O2/c36-27(33-31-16-19-13-20(17-31)15-21(14-19)18-31)10-12-34-26-8-4-2-5-22(26)23-9-11-35-29(28(23)34)32-25-7-3-1-6-24(25)30(35)37/h1-8,19-21H,9-18H2,(H,33,36). The third kappa shape index (κ3) is 3.27. The zero-order chi connectivity index (χ0) is 24.7.